The lowest BCUT2D eigenvalue weighted by Gasteiger charge is -2.13. The molecule has 9 heteroatoms. The van der Waals surface area contributed by atoms with Gasteiger partial charge < -0.3 is 4.74 Å². The fourth-order valence-electron chi connectivity index (χ4n) is 2.09. The summed E-state index contributed by atoms with van der Waals surface area (Å²) in [6.45, 7) is 5.35. The third kappa shape index (κ3) is 3.14. The van der Waals surface area contributed by atoms with E-state index in [0.29, 0.717) is 10.9 Å². The molecule has 0 aliphatic rings. The normalized spacial score (nSPS) is 12.4. The van der Waals surface area contributed by atoms with E-state index in [1.54, 1.807) is 27.8 Å². The van der Waals surface area contributed by atoms with Crippen molar-refractivity contribution in [1.82, 2.24) is 19.1 Å². The molecule has 0 aromatic carbocycles. The third-order valence-corrected chi connectivity index (χ3v) is 4.35. The maximum Gasteiger partial charge on any atom is 0.332 e. The maximum atomic E-state index is 12.5. The zero-order valence-corrected chi connectivity index (χ0v) is 14.4. The van der Waals surface area contributed by atoms with E-state index >= 15 is 0 Å². The first-order valence-corrected chi connectivity index (χ1v) is 7.93. The van der Waals surface area contributed by atoms with Crippen LogP contribution in [-0.2, 0) is 23.6 Å². The second-order valence-electron chi connectivity index (χ2n) is 4.99. The number of carbonyl (C=O) groups is 1. The molecule has 1 atom stereocenters. The average molecular weight is 338 g/mol. The van der Waals surface area contributed by atoms with Crippen LogP contribution in [0.2, 0.25) is 0 Å². The Morgan fingerprint density at radius 2 is 1.91 bits per heavy atom. The van der Waals surface area contributed by atoms with Crippen molar-refractivity contribution < 1.29 is 9.53 Å². The van der Waals surface area contributed by atoms with Crippen molar-refractivity contribution in [3.63, 3.8) is 0 Å². The lowest BCUT2D eigenvalue weighted by Crippen LogP contribution is -2.38. The van der Waals surface area contributed by atoms with Crippen LogP contribution in [0.3, 0.4) is 0 Å². The predicted octanol–water partition coefficient (Wildman–Crippen LogP) is 0.379. The number of esters is 1. The molecule has 0 aliphatic carbocycles. The predicted molar refractivity (Wildman–Crippen MR) is 86.7 cm³/mol. The van der Waals surface area contributed by atoms with E-state index in [4.69, 9.17) is 4.74 Å². The van der Waals surface area contributed by atoms with Crippen molar-refractivity contribution in [3.8, 4) is 0 Å². The molecule has 2 aromatic rings. The number of carbonyl (C=O) groups excluding carboxylic acids is 1. The number of rotatable bonds is 4. The zero-order chi connectivity index (χ0) is 17.3. The summed E-state index contributed by atoms with van der Waals surface area (Å²) in [5.74, 6) is 0.0304. The number of hydrogen-bond acceptors (Lipinski definition) is 7. The molecule has 0 radical (unpaired) electrons. The molecule has 2 rings (SSSR count). The van der Waals surface area contributed by atoms with Gasteiger partial charge in [0.1, 0.15) is 21.5 Å². The quantitative estimate of drug-likeness (QED) is 0.452. The lowest BCUT2D eigenvalue weighted by molar-refractivity contribution is -0.142. The molecule has 0 amide bonds. The van der Waals surface area contributed by atoms with Crippen molar-refractivity contribution >= 4 is 28.8 Å². The van der Waals surface area contributed by atoms with Gasteiger partial charge in [0.15, 0.2) is 5.65 Å². The number of hydrogen-bond donors (Lipinski definition) is 0. The van der Waals surface area contributed by atoms with Gasteiger partial charge in [0, 0.05) is 14.1 Å². The monoisotopic (exact) mass is 338 g/mol. The summed E-state index contributed by atoms with van der Waals surface area (Å²) in [6.07, 6.45) is 0. The number of aromatic nitrogens is 4. The molecule has 0 fully saturated rings. The molecule has 0 spiro atoms. The smallest absolute Gasteiger partial charge is 0.332 e. The molecule has 2 heterocycles. The molecule has 124 valence electrons. The van der Waals surface area contributed by atoms with Crippen molar-refractivity contribution in [3.05, 3.63) is 26.7 Å². The highest BCUT2D eigenvalue weighted by molar-refractivity contribution is 8.00. The molecular weight excluding hydrogens is 320 g/mol. The van der Waals surface area contributed by atoms with Crippen LogP contribution >= 0.6 is 11.8 Å². The number of thioether (sulfide) groups is 1. The van der Waals surface area contributed by atoms with Crippen LogP contribution in [0.1, 0.15) is 19.7 Å². The van der Waals surface area contributed by atoms with Gasteiger partial charge >= 0.3 is 11.7 Å². The second kappa shape index (κ2) is 6.53. The minimum absolute atomic E-state index is 0.223. The Balaban J connectivity index is 2.67. The minimum Gasteiger partial charge on any atom is -0.465 e. The van der Waals surface area contributed by atoms with E-state index in [1.807, 2.05) is 0 Å². The van der Waals surface area contributed by atoms with Crippen LogP contribution in [0.5, 0.6) is 0 Å². The van der Waals surface area contributed by atoms with Crippen molar-refractivity contribution in [1.29, 1.82) is 0 Å². The van der Waals surface area contributed by atoms with Crippen molar-refractivity contribution in [2.45, 2.75) is 31.0 Å². The average Bonchev–Trinajstić information content (AvgIpc) is 2.50. The Morgan fingerprint density at radius 3 is 2.52 bits per heavy atom. The molecule has 23 heavy (non-hydrogen) atoms. The molecule has 0 bridgehead atoms. The summed E-state index contributed by atoms with van der Waals surface area (Å²) in [7, 11) is 2.94. The van der Waals surface area contributed by atoms with Gasteiger partial charge in [-0.3, -0.25) is 18.7 Å². The molecule has 0 N–H and O–H groups in total. The highest BCUT2D eigenvalue weighted by atomic mass is 32.2. The van der Waals surface area contributed by atoms with Gasteiger partial charge in [0.2, 0.25) is 0 Å². The Kier molecular flexibility index (Phi) is 4.88. The molecule has 2 aromatic heterocycles. The Bertz CT molecular complexity index is 887. The first kappa shape index (κ1) is 17.2. The van der Waals surface area contributed by atoms with Gasteiger partial charge in [-0.25, -0.2) is 14.8 Å². The summed E-state index contributed by atoms with van der Waals surface area (Å²) in [4.78, 5) is 44.8. The molecule has 0 saturated carbocycles. The summed E-state index contributed by atoms with van der Waals surface area (Å²) in [6, 6.07) is 0. The lowest BCUT2D eigenvalue weighted by atomic mass is 10.4. The van der Waals surface area contributed by atoms with Crippen LogP contribution in [0.15, 0.2) is 14.6 Å². The number of ether oxygens (including phenoxy) is 1. The molecule has 0 aliphatic heterocycles. The second-order valence-corrected chi connectivity index (χ2v) is 6.32. The minimum atomic E-state index is -0.533. The van der Waals surface area contributed by atoms with E-state index < -0.39 is 16.5 Å². The van der Waals surface area contributed by atoms with Crippen LogP contribution in [0.25, 0.3) is 11.0 Å². The Hall–Kier alpha value is -2.16. The van der Waals surface area contributed by atoms with Crippen LogP contribution < -0.4 is 11.2 Å². The summed E-state index contributed by atoms with van der Waals surface area (Å²) in [5.41, 5.74) is -0.694. The molecule has 0 unspecified atom stereocenters. The third-order valence-electron chi connectivity index (χ3n) is 3.29. The maximum absolute atomic E-state index is 12.5. The summed E-state index contributed by atoms with van der Waals surface area (Å²) >= 11 is 1.12. The van der Waals surface area contributed by atoms with Crippen LogP contribution in [0.4, 0.5) is 0 Å². The van der Waals surface area contributed by atoms with Gasteiger partial charge in [-0.05, 0) is 20.8 Å². The SMILES string of the molecule is CCOC(=O)[C@@H](C)Sc1nc(C)nc2c1c(=O)n(C)c(=O)n2C. The van der Waals surface area contributed by atoms with Gasteiger partial charge in [-0.15, -0.1) is 0 Å². The standard InChI is InChI=1S/C14H18N4O4S/c1-6-22-13(20)7(2)23-11-9-10(15-8(3)16-11)17(4)14(21)18(5)12(9)19/h7H,6H2,1-5H3/t7-/m1/s1. The van der Waals surface area contributed by atoms with E-state index in [9.17, 15) is 14.4 Å². The number of nitrogens with zero attached hydrogens (tertiary/aromatic N) is 4. The summed E-state index contributed by atoms with van der Waals surface area (Å²) < 4.78 is 7.27. The fraction of sp³-hybridized carbons (Fsp3) is 0.500. The van der Waals surface area contributed by atoms with Crippen molar-refractivity contribution in [2.75, 3.05) is 6.61 Å². The van der Waals surface area contributed by atoms with Gasteiger partial charge in [-0.1, -0.05) is 11.8 Å². The Morgan fingerprint density at radius 1 is 1.26 bits per heavy atom. The van der Waals surface area contributed by atoms with Crippen LogP contribution in [-0.4, -0.2) is 36.9 Å². The highest BCUT2D eigenvalue weighted by Crippen LogP contribution is 2.26. The van der Waals surface area contributed by atoms with E-state index in [1.165, 1.54) is 11.6 Å². The first-order valence-electron chi connectivity index (χ1n) is 7.05. The van der Waals surface area contributed by atoms with E-state index in [-0.39, 0.29) is 23.6 Å². The number of fused-ring (bicyclic) bond motifs is 1. The topological polar surface area (TPSA) is 96.1 Å². The fourth-order valence-corrected chi connectivity index (χ4v) is 3.07. The van der Waals surface area contributed by atoms with Crippen molar-refractivity contribution in [2.24, 2.45) is 14.1 Å². The van der Waals surface area contributed by atoms with Gasteiger partial charge in [0.25, 0.3) is 5.56 Å². The molecule has 0 saturated heterocycles. The van der Waals surface area contributed by atoms with Crippen LogP contribution in [0, 0.1) is 6.92 Å². The Labute approximate surface area is 136 Å². The first-order chi connectivity index (χ1) is 10.8. The van der Waals surface area contributed by atoms with E-state index in [2.05, 4.69) is 9.97 Å². The molecule has 8 nitrogen and oxygen atoms in total. The van der Waals surface area contributed by atoms with E-state index in [0.717, 1.165) is 16.3 Å². The van der Waals surface area contributed by atoms with Gasteiger partial charge in [0.05, 0.1) is 6.61 Å². The molecular formula is C14H18N4O4S. The summed E-state index contributed by atoms with van der Waals surface area (Å²) in [5, 5.41) is 0.0555. The zero-order valence-electron chi connectivity index (χ0n) is 13.6. The van der Waals surface area contributed by atoms with Gasteiger partial charge in [-0.2, -0.15) is 0 Å². The highest BCUT2D eigenvalue weighted by Gasteiger charge is 2.22. The largest absolute Gasteiger partial charge is 0.465 e. The number of aryl methyl sites for hydroxylation is 2.